The van der Waals surface area contributed by atoms with Crippen LogP contribution in [0.25, 0.3) is 0 Å². The molecule has 0 heterocycles. The van der Waals surface area contributed by atoms with Crippen LogP contribution >= 0.6 is 0 Å². The summed E-state index contributed by atoms with van der Waals surface area (Å²) in [5.41, 5.74) is 5.70. The summed E-state index contributed by atoms with van der Waals surface area (Å²) in [6.07, 6.45) is 5.21. The minimum atomic E-state index is -2.92. The zero-order valence-corrected chi connectivity index (χ0v) is 8.24. The van der Waals surface area contributed by atoms with Crippen molar-refractivity contribution < 1.29 is 18.3 Å². The third-order valence-electron chi connectivity index (χ3n) is 1.86. The Morgan fingerprint density at radius 1 is 1.56 bits per heavy atom. The number of terminal acetylenes is 1. The van der Waals surface area contributed by atoms with Crippen molar-refractivity contribution in [3.8, 4) is 18.1 Å². The number of halogens is 2. The summed E-state index contributed by atoms with van der Waals surface area (Å²) in [6, 6.07) is 3.84. The number of carbonyl (C=O) groups is 1. The number of amides is 1. The van der Waals surface area contributed by atoms with Gasteiger partial charge in [0.15, 0.2) is 0 Å². The molecule has 3 nitrogen and oxygen atoms in total. The third kappa shape index (κ3) is 2.95. The van der Waals surface area contributed by atoms with E-state index in [0.717, 1.165) is 0 Å². The van der Waals surface area contributed by atoms with Crippen molar-refractivity contribution in [1.82, 2.24) is 0 Å². The zero-order chi connectivity index (χ0) is 12.1. The largest absolute Gasteiger partial charge is 0.435 e. The molecular weight excluding hydrogens is 216 g/mol. The number of ether oxygens (including phenoxy) is 1. The molecule has 1 rings (SSSR count). The van der Waals surface area contributed by atoms with Crippen molar-refractivity contribution in [2.75, 3.05) is 0 Å². The number of hydrogen-bond acceptors (Lipinski definition) is 2. The molecule has 2 N–H and O–H groups in total. The first kappa shape index (κ1) is 12.0. The SMILES string of the molecule is C#CCc1cc(OC(F)F)ccc1C(N)=O. The maximum Gasteiger partial charge on any atom is 0.387 e. The molecule has 5 heteroatoms. The zero-order valence-electron chi connectivity index (χ0n) is 8.24. The molecule has 0 aliphatic heterocycles. The molecule has 0 radical (unpaired) electrons. The number of carbonyl (C=O) groups excluding carboxylic acids is 1. The molecule has 0 atom stereocenters. The van der Waals surface area contributed by atoms with Gasteiger partial charge < -0.3 is 10.5 Å². The van der Waals surface area contributed by atoms with Crippen LogP contribution in [0.2, 0.25) is 0 Å². The maximum atomic E-state index is 11.9. The van der Waals surface area contributed by atoms with Crippen LogP contribution in [0.15, 0.2) is 18.2 Å². The minimum Gasteiger partial charge on any atom is -0.435 e. The Kier molecular flexibility index (Phi) is 3.84. The van der Waals surface area contributed by atoms with Gasteiger partial charge >= 0.3 is 6.61 Å². The minimum absolute atomic E-state index is 0.0507. The number of nitrogens with two attached hydrogens (primary N) is 1. The second-order valence-corrected chi connectivity index (χ2v) is 2.94. The monoisotopic (exact) mass is 225 g/mol. The molecule has 16 heavy (non-hydrogen) atoms. The molecule has 0 aliphatic carbocycles. The fourth-order valence-corrected chi connectivity index (χ4v) is 1.24. The van der Waals surface area contributed by atoms with Crippen LogP contribution in [0, 0.1) is 12.3 Å². The third-order valence-corrected chi connectivity index (χ3v) is 1.86. The predicted molar refractivity (Wildman–Crippen MR) is 54.1 cm³/mol. The van der Waals surface area contributed by atoms with Crippen molar-refractivity contribution in [2.45, 2.75) is 13.0 Å². The quantitative estimate of drug-likeness (QED) is 0.790. The van der Waals surface area contributed by atoms with Crippen LogP contribution in [-0.4, -0.2) is 12.5 Å². The smallest absolute Gasteiger partial charge is 0.387 e. The number of hydrogen-bond donors (Lipinski definition) is 1. The lowest BCUT2D eigenvalue weighted by Crippen LogP contribution is -2.14. The molecule has 1 amide bonds. The molecule has 0 saturated heterocycles. The van der Waals surface area contributed by atoms with E-state index in [1.807, 2.05) is 0 Å². The highest BCUT2D eigenvalue weighted by Gasteiger charge is 2.11. The van der Waals surface area contributed by atoms with Gasteiger partial charge in [-0.25, -0.2) is 0 Å². The first-order chi connectivity index (χ1) is 7.54. The summed E-state index contributed by atoms with van der Waals surface area (Å²) >= 11 is 0. The van der Waals surface area contributed by atoms with Crippen LogP contribution < -0.4 is 10.5 Å². The summed E-state index contributed by atoms with van der Waals surface area (Å²) in [4.78, 5) is 11.0. The van der Waals surface area contributed by atoms with Crippen molar-refractivity contribution in [2.24, 2.45) is 5.73 Å². The molecule has 1 aromatic carbocycles. The van der Waals surface area contributed by atoms with Crippen molar-refractivity contribution in [1.29, 1.82) is 0 Å². The Morgan fingerprint density at radius 2 is 2.25 bits per heavy atom. The van der Waals surface area contributed by atoms with Crippen LogP contribution in [0.5, 0.6) is 5.75 Å². The second kappa shape index (κ2) is 5.12. The summed E-state index contributed by atoms with van der Waals surface area (Å²) in [5, 5.41) is 0. The predicted octanol–water partition coefficient (Wildman–Crippen LogP) is 1.56. The Bertz CT molecular complexity index is 438. The molecule has 0 saturated carbocycles. The number of rotatable bonds is 4. The van der Waals surface area contributed by atoms with Crippen molar-refractivity contribution >= 4 is 5.91 Å². The van der Waals surface area contributed by atoms with Gasteiger partial charge in [-0.15, -0.1) is 12.3 Å². The highest BCUT2D eigenvalue weighted by atomic mass is 19.3. The van der Waals surface area contributed by atoms with E-state index in [9.17, 15) is 13.6 Å². The topological polar surface area (TPSA) is 52.3 Å². The van der Waals surface area contributed by atoms with Gasteiger partial charge in [-0.3, -0.25) is 4.79 Å². The van der Waals surface area contributed by atoms with Gasteiger partial charge in [-0.1, -0.05) is 0 Å². The average Bonchev–Trinajstić information content (AvgIpc) is 2.17. The van der Waals surface area contributed by atoms with Gasteiger partial charge in [0.1, 0.15) is 5.75 Å². The molecule has 0 aromatic heterocycles. The first-order valence-electron chi connectivity index (χ1n) is 4.35. The van der Waals surface area contributed by atoms with Gasteiger partial charge in [-0.2, -0.15) is 8.78 Å². The number of benzene rings is 1. The fourth-order valence-electron chi connectivity index (χ4n) is 1.24. The van der Waals surface area contributed by atoms with Gasteiger partial charge in [-0.05, 0) is 23.8 Å². The van der Waals surface area contributed by atoms with E-state index in [2.05, 4.69) is 10.7 Å². The number of alkyl halides is 2. The molecular formula is C11H9F2NO2. The van der Waals surface area contributed by atoms with Crippen LogP contribution in [0.3, 0.4) is 0 Å². The van der Waals surface area contributed by atoms with Crippen molar-refractivity contribution in [3.63, 3.8) is 0 Å². The molecule has 0 spiro atoms. The summed E-state index contributed by atoms with van der Waals surface area (Å²) in [6.45, 7) is -2.92. The van der Waals surface area contributed by atoms with E-state index in [0.29, 0.717) is 5.56 Å². The highest BCUT2D eigenvalue weighted by Crippen LogP contribution is 2.20. The lowest BCUT2D eigenvalue weighted by Gasteiger charge is -2.08. The number of primary amides is 1. The first-order valence-corrected chi connectivity index (χ1v) is 4.35. The normalized spacial score (nSPS) is 9.88. The molecule has 0 bridgehead atoms. The summed E-state index contributed by atoms with van der Waals surface area (Å²) in [7, 11) is 0. The lowest BCUT2D eigenvalue weighted by molar-refractivity contribution is -0.0498. The van der Waals surface area contributed by atoms with Crippen molar-refractivity contribution in [3.05, 3.63) is 29.3 Å². The Morgan fingerprint density at radius 3 is 2.75 bits per heavy atom. The molecule has 0 aliphatic rings. The lowest BCUT2D eigenvalue weighted by atomic mass is 10.0. The van der Waals surface area contributed by atoms with Crippen LogP contribution in [-0.2, 0) is 6.42 Å². The molecule has 0 fully saturated rings. The van der Waals surface area contributed by atoms with Gasteiger partial charge in [0, 0.05) is 12.0 Å². The van der Waals surface area contributed by atoms with E-state index in [1.165, 1.54) is 18.2 Å². The second-order valence-electron chi connectivity index (χ2n) is 2.94. The maximum absolute atomic E-state index is 11.9. The van der Waals surface area contributed by atoms with E-state index < -0.39 is 12.5 Å². The Balaban J connectivity index is 3.08. The summed E-state index contributed by atoms with van der Waals surface area (Å²) in [5.74, 6) is 1.60. The summed E-state index contributed by atoms with van der Waals surface area (Å²) < 4.78 is 28.1. The average molecular weight is 225 g/mol. The van der Waals surface area contributed by atoms with Gasteiger partial charge in [0.25, 0.3) is 0 Å². The van der Waals surface area contributed by atoms with Crippen LogP contribution in [0.4, 0.5) is 8.78 Å². The fraction of sp³-hybridized carbons (Fsp3) is 0.182. The van der Waals surface area contributed by atoms with Gasteiger partial charge in [0.05, 0.1) is 0 Å². The van der Waals surface area contributed by atoms with Crippen LogP contribution in [0.1, 0.15) is 15.9 Å². The van der Waals surface area contributed by atoms with E-state index in [4.69, 9.17) is 12.2 Å². The molecule has 0 unspecified atom stereocenters. The van der Waals surface area contributed by atoms with Gasteiger partial charge in [0.2, 0.25) is 5.91 Å². The molecule has 1 aromatic rings. The van der Waals surface area contributed by atoms with E-state index in [1.54, 1.807) is 0 Å². The van der Waals surface area contributed by atoms with E-state index >= 15 is 0 Å². The highest BCUT2D eigenvalue weighted by molar-refractivity contribution is 5.94. The Labute approximate surface area is 91.2 Å². The standard InChI is InChI=1S/C11H9F2NO2/c1-2-3-7-6-8(16-11(12)13)4-5-9(7)10(14)15/h1,4-6,11H,3H2,(H2,14,15). The van der Waals surface area contributed by atoms with E-state index in [-0.39, 0.29) is 17.7 Å². The molecule has 84 valence electrons. The Hall–Kier alpha value is -2.09.